The van der Waals surface area contributed by atoms with E-state index < -0.39 is 5.97 Å². The van der Waals surface area contributed by atoms with Crippen molar-refractivity contribution in [3.05, 3.63) is 17.0 Å². The highest BCUT2D eigenvalue weighted by Crippen LogP contribution is 2.37. The van der Waals surface area contributed by atoms with Crippen molar-refractivity contribution in [2.45, 2.75) is 32.2 Å². The molecule has 1 N–H and O–H groups in total. The number of rotatable bonds is 2. The van der Waals surface area contributed by atoms with Crippen LogP contribution in [-0.2, 0) is 0 Å². The summed E-state index contributed by atoms with van der Waals surface area (Å²) in [5.74, 6) is -0.830. The fourth-order valence-electron chi connectivity index (χ4n) is 2.10. The quantitative estimate of drug-likeness (QED) is 0.841. The fraction of sp³-hybridized carbons (Fsp3) is 0.545. The minimum absolute atomic E-state index is 0.167. The van der Waals surface area contributed by atoms with Crippen LogP contribution in [0.15, 0.2) is 12.1 Å². The molecule has 0 spiro atoms. The van der Waals surface area contributed by atoms with E-state index in [-0.39, 0.29) is 5.54 Å². The Morgan fingerprint density at radius 3 is 2.73 bits per heavy atom. The molecule has 0 bridgehead atoms. The van der Waals surface area contributed by atoms with Gasteiger partial charge in [0.05, 0.1) is 5.00 Å². The molecule has 0 aromatic carbocycles. The molecule has 1 aliphatic rings. The fourth-order valence-corrected chi connectivity index (χ4v) is 3.14. The van der Waals surface area contributed by atoms with Gasteiger partial charge in [-0.15, -0.1) is 11.3 Å². The summed E-state index contributed by atoms with van der Waals surface area (Å²) >= 11 is 1.37. The maximum Gasteiger partial charge on any atom is 0.345 e. The molecule has 1 saturated heterocycles. The van der Waals surface area contributed by atoms with Crippen molar-refractivity contribution in [2.24, 2.45) is 0 Å². The van der Waals surface area contributed by atoms with E-state index in [4.69, 9.17) is 5.11 Å². The average molecular weight is 225 g/mol. The number of carboxylic acid groups (broad SMARTS) is 1. The predicted molar refractivity (Wildman–Crippen MR) is 61.9 cm³/mol. The number of carbonyl (C=O) groups is 1. The number of aromatic carboxylic acids is 1. The first kappa shape index (κ1) is 10.5. The second-order valence-electron chi connectivity index (χ2n) is 4.51. The van der Waals surface area contributed by atoms with E-state index in [0.717, 1.165) is 11.5 Å². The van der Waals surface area contributed by atoms with Gasteiger partial charge in [-0.2, -0.15) is 0 Å². The van der Waals surface area contributed by atoms with Gasteiger partial charge in [0, 0.05) is 12.1 Å². The van der Waals surface area contributed by atoms with Crippen LogP contribution in [0.2, 0.25) is 0 Å². The third-order valence-corrected chi connectivity index (χ3v) is 4.07. The van der Waals surface area contributed by atoms with Crippen LogP contribution in [0.5, 0.6) is 0 Å². The second kappa shape index (κ2) is 3.52. The first-order chi connectivity index (χ1) is 7.00. The van der Waals surface area contributed by atoms with Gasteiger partial charge in [-0.3, -0.25) is 0 Å². The van der Waals surface area contributed by atoms with E-state index in [0.29, 0.717) is 4.88 Å². The van der Waals surface area contributed by atoms with Gasteiger partial charge < -0.3 is 10.0 Å². The topological polar surface area (TPSA) is 40.5 Å². The Hall–Kier alpha value is -1.03. The molecule has 3 nitrogen and oxygen atoms in total. The van der Waals surface area contributed by atoms with Crippen LogP contribution in [0.4, 0.5) is 5.00 Å². The molecule has 1 fully saturated rings. The average Bonchev–Trinajstić information content (AvgIpc) is 2.69. The summed E-state index contributed by atoms with van der Waals surface area (Å²) in [6, 6.07) is 3.61. The lowest BCUT2D eigenvalue weighted by molar-refractivity contribution is 0.0702. The van der Waals surface area contributed by atoms with E-state index >= 15 is 0 Å². The van der Waals surface area contributed by atoms with Crippen molar-refractivity contribution >= 4 is 22.3 Å². The van der Waals surface area contributed by atoms with Crippen molar-refractivity contribution in [3.63, 3.8) is 0 Å². The van der Waals surface area contributed by atoms with E-state index in [1.165, 1.54) is 24.2 Å². The molecule has 2 rings (SSSR count). The first-order valence-electron chi connectivity index (χ1n) is 5.11. The minimum Gasteiger partial charge on any atom is -0.477 e. The summed E-state index contributed by atoms with van der Waals surface area (Å²) in [4.78, 5) is 13.5. The van der Waals surface area contributed by atoms with Crippen LogP contribution in [0.3, 0.4) is 0 Å². The molecule has 1 aromatic rings. The Bertz CT molecular complexity index is 384. The van der Waals surface area contributed by atoms with Gasteiger partial charge in [0.15, 0.2) is 0 Å². The number of thiophene rings is 1. The van der Waals surface area contributed by atoms with Gasteiger partial charge in [0.2, 0.25) is 0 Å². The highest BCUT2D eigenvalue weighted by molar-refractivity contribution is 7.17. The van der Waals surface area contributed by atoms with Crippen LogP contribution < -0.4 is 4.90 Å². The van der Waals surface area contributed by atoms with E-state index in [2.05, 4.69) is 18.7 Å². The lowest BCUT2D eigenvalue weighted by atomic mass is 10.0. The summed E-state index contributed by atoms with van der Waals surface area (Å²) in [6.45, 7) is 5.45. The molecule has 1 aliphatic heterocycles. The maximum atomic E-state index is 10.8. The van der Waals surface area contributed by atoms with Crippen molar-refractivity contribution in [1.82, 2.24) is 0 Å². The van der Waals surface area contributed by atoms with Crippen molar-refractivity contribution in [1.29, 1.82) is 0 Å². The summed E-state index contributed by atoms with van der Waals surface area (Å²) < 4.78 is 0. The first-order valence-corrected chi connectivity index (χ1v) is 5.93. The van der Waals surface area contributed by atoms with Crippen LogP contribution in [0.1, 0.15) is 36.4 Å². The Labute approximate surface area is 93.3 Å². The van der Waals surface area contributed by atoms with Gasteiger partial charge in [0.1, 0.15) is 4.88 Å². The largest absolute Gasteiger partial charge is 0.477 e. The molecule has 0 radical (unpaired) electrons. The lowest BCUT2D eigenvalue weighted by Gasteiger charge is -2.32. The Kier molecular flexibility index (Phi) is 2.46. The van der Waals surface area contributed by atoms with Gasteiger partial charge >= 0.3 is 5.97 Å². The molecule has 0 saturated carbocycles. The number of hydrogen-bond donors (Lipinski definition) is 1. The molecule has 4 heteroatoms. The maximum absolute atomic E-state index is 10.8. The van der Waals surface area contributed by atoms with Gasteiger partial charge in [-0.05, 0) is 38.8 Å². The summed E-state index contributed by atoms with van der Waals surface area (Å²) in [5, 5.41) is 9.94. The highest BCUT2D eigenvalue weighted by atomic mass is 32.1. The second-order valence-corrected chi connectivity index (χ2v) is 5.57. The SMILES string of the molecule is CC1(C)CCCN1c1ccc(C(=O)O)s1. The zero-order chi connectivity index (χ0) is 11.1. The van der Waals surface area contributed by atoms with Crippen LogP contribution in [0.25, 0.3) is 0 Å². The van der Waals surface area contributed by atoms with Crippen molar-refractivity contribution in [2.75, 3.05) is 11.4 Å². The number of nitrogens with zero attached hydrogens (tertiary/aromatic N) is 1. The molecule has 0 atom stereocenters. The van der Waals surface area contributed by atoms with E-state index in [9.17, 15) is 4.79 Å². The molecule has 0 unspecified atom stereocenters. The van der Waals surface area contributed by atoms with Crippen LogP contribution >= 0.6 is 11.3 Å². The Morgan fingerprint density at radius 1 is 1.53 bits per heavy atom. The molecule has 15 heavy (non-hydrogen) atoms. The molecule has 0 aliphatic carbocycles. The normalized spacial score (nSPS) is 19.5. The van der Waals surface area contributed by atoms with Crippen molar-refractivity contribution in [3.8, 4) is 0 Å². The molecule has 2 heterocycles. The van der Waals surface area contributed by atoms with Gasteiger partial charge in [-0.25, -0.2) is 4.79 Å². The lowest BCUT2D eigenvalue weighted by Crippen LogP contribution is -2.37. The van der Waals surface area contributed by atoms with E-state index in [1.807, 2.05) is 6.07 Å². The molecular formula is C11H15NO2S. The third-order valence-electron chi connectivity index (χ3n) is 2.97. The van der Waals surface area contributed by atoms with Gasteiger partial charge in [0.25, 0.3) is 0 Å². The number of carboxylic acids is 1. The highest BCUT2D eigenvalue weighted by Gasteiger charge is 2.32. The molecule has 0 amide bonds. The van der Waals surface area contributed by atoms with Crippen molar-refractivity contribution < 1.29 is 9.90 Å². The molecular weight excluding hydrogens is 210 g/mol. The summed E-state index contributed by atoms with van der Waals surface area (Å²) in [7, 11) is 0. The smallest absolute Gasteiger partial charge is 0.345 e. The Balaban J connectivity index is 2.26. The number of anilines is 1. The monoisotopic (exact) mass is 225 g/mol. The predicted octanol–water partition coefficient (Wildman–Crippen LogP) is 2.83. The Morgan fingerprint density at radius 2 is 2.27 bits per heavy atom. The molecule has 1 aromatic heterocycles. The molecule has 82 valence electrons. The summed E-state index contributed by atoms with van der Waals surface area (Å²) in [6.07, 6.45) is 2.36. The zero-order valence-corrected chi connectivity index (χ0v) is 9.80. The standard InChI is InChI=1S/C11H15NO2S/c1-11(2)6-3-7-12(11)9-5-4-8(15-9)10(13)14/h4-5H,3,6-7H2,1-2H3,(H,13,14). The summed E-state index contributed by atoms with van der Waals surface area (Å²) in [5.41, 5.74) is 0.167. The number of hydrogen-bond acceptors (Lipinski definition) is 3. The van der Waals surface area contributed by atoms with Gasteiger partial charge in [-0.1, -0.05) is 0 Å². The van der Waals surface area contributed by atoms with E-state index in [1.54, 1.807) is 6.07 Å². The third kappa shape index (κ3) is 1.86. The minimum atomic E-state index is -0.830. The van der Waals surface area contributed by atoms with Crippen LogP contribution in [-0.4, -0.2) is 23.2 Å². The zero-order valence-electron chi connectivity index (χ0n) is 8.99. The van der Waals surface area contributed by atoms with Crippen LogP contribution in [0, 0.1) is 0 Å².